The fraction of sp³-hybridized carbons (Fsp3) is 0.269. The Bertz CT molecular complexity index is 1100. The molecule has 0 spiro atoms. The third kappa shape index (κ3) is 6.16. The fourth-order valence-corrected chi connectivity index (χ4v) is 3.49. The van der Waals surface area contributed by atoms with E-state index in [1.54, 1.807) is 12.6 Å². The number of amides is 1. The van der Waals surface area contributed by atoms with Crippen molar-refractivity contribution in [3.8, 4) is 23.8 Å². The van der Waals surface area contributed by atoms with Gasteiger partial charge in [0.1, 0.15) is 0 Å². The summed E-state index contributed by atoms with van der Waals surface area (Å²) in [6.07, 6.45) is 9.29. The summed E-state index contributed by atoms with van der Waals surface area (Å²) >= 11 is 0. The van der Waals surface area contributed by atoms with Gasteiger partial charge in [0.25, 0.3) is 0 Å². The molecule has 0 aliphatic heterocycles. The monoisotopic (exact) mass is 432 g/mol. The molecule has 0 aliphatic rings. The summed E-state index contributed by atoms with van der Waals surface area (Å²) in [5.41, 5.74) is 4.34. The average Bonchev–Trinajstić information content (AvgIpc) is 2.83. The number of hydrogen-bond donors (Lipinski definition) is 3. The van der Waals surface area contributed by atoms with Gasteiger partial charge in [-0.1, -0.05) is 37.0 Å². The summed E-state index contributed by atoms with van der Waals surface area (Å²) < 4.78 is 11.6. The zero-order valence-corrected chi connectivity index (χ0v) is 18.2. The van der Waals surface area contributed by atoms with Crippen LogP contribution in [0.2, 0.25) is 0 Å². The fourth-order valence-electron chi connectivity index (χ4n) is 3.49. The number of unbranched alkanes of at least 4 members (excludes halogenated alkanes) is 3. The molecule has 3 N–H and O–H groups in total. The molecule has 0 atom stereocenters. The van der Waals surface area contributed by atoms with E-state index in [1.165, 1.54) is 0 Å². The molecule has 0 saturated carbocycles. The maximum Gasteiger partial charge on any atom is 0.243 e. The van der Waals surface area contributed by atoms with Crippen LogP contribution >= 0.6 is 0 Å². The highest BCUT2D eigenvalue weighted by Gasteiger charge is 2.10. The first-order chi connectivity index (χ1) is 15.6. The molecule has 3 rings (SSSR count). The number of anilines is 2. The Morgan fingerprint density at radius 3 is 2.62 bits per heavy atom. The first-order valence-electron chi connectivity index (χ1n) is 10.6. The van der Waals surface area contributed by atoms with Crippen molar-refractivity contribution in [3.63, 3.8) is 0 Å². The minimum atomic E-state index is -0.349. The predicted molar refractivity (Wildman–Crippen MR) is 127 cm³/mol. The molecule has 0 heterocycles. The van der Waals surface area contributed by atoms with Gasteiger partial charge in [-0.05, 0) is 54.6 Å². The van der Waals surface area contributed by atoms with Crippen molar-refractivity contribution in [1.82, 2.24) is 5.48 Å². The summed E-state index contributed by atoms with van der Waals surface area (Å²) in [7, 11) is 1.63. The van der Waals surface area contributed by atoms with Gasteiger partial charge in [-0.25, -0.2) is 5.48 Å². The van der Waals surface area contributed by atoms with E-state index >= 15 is 0 Å². The van der Waals surface area contributed by atoms with Gasteiger partial charge in [-0.3, -0.25) is 10.0 Å². The van der Waals surface area contributed by atoms with Crippen LogP contribution in [0.25, 0.3) is 10.8 Å². The van der Waals surface area contributed by atoms with Crippen molar-refractivity contribution in [3.05, 3.63) is 60.2 Å². The van der Waals surface area contributed by atoms with Crippen molar-refractivity contribution in [2.75, 3.05) is 19.0 Å². The zero-order chi connectivity index (χ0) is 22.8. The number of nitrogens with one attached hydrogen (secondary N) is 2. The van der Waals surface area contributed by atoms with Gasteiger partial charge in [0.05, 0.1) is 13.7 Å². The number of benzene rings is 3. The van der Waals surface area contributed by atoms with Crippen LogP contribution in [-0.4, -0.2) is 24.8 Å². The number of methoxy groups -OCH3 is 1. The summed E-state index contributed by atoms with van der Waals surface area (Å²) in [5, 5.41) is 14.0. The van der Waals surface area contributed by atoms with E-state index in [2.05, 4.69) is 11.2 Å². The van der Waals surface area contributed by atoms with Crippen LogP contribution in [0.5, 0.6) is 11.5 Å². The van der Waals surface area contributed by atoms with Gasteiger partial charge < -0.3 is 14.8 Å². The number of carbonyl (C=O) groups is 1. The van der Waals surface area contributed by atoms with Crippen LogP contribution in [-0.2, 0) is 4.79 Å². The molecule has 1 amide bonds. The van der Waals surface area contributed by atoms with E-state index in [1.807, 2.05) is 54.6 Å². The van der Waals surface area contributed by atoms with Crippen LogP contribution in [0.3, 0.4) is 0 Å². The minimum Gasteiger partial charge on any atom is -0.493 e. The Morgan fingerprint density at radius 2 is 1.84 bits per heavy atom. The quantitative estimate of drug-likeness (QED) is 0.163. The van der Waals surface area contributed by atoms with Crippen LogP contribution < -0.4 is 20.3 Å². The van der Waals surface area contributed by atoms with Gasteiger partial charge in [-0.2, -0.15) is 0 Å². The third-order valence-electron chi connectivity index (χ3n) is 5.15. The lowest BCUT2D eigenvalue weighted by molar-refractivity contribution is -0.129. The van der Waals surface area contributed by atoms with E-state index in [9.17, 15) is 4.79 Å². The van der Waals surface area contributed by atoms with Crippen LogP contribution in [0, 0.1) is 12.3 Å². The summed E-state index contributed by atoms with van der Waals surface area (Å²) in [6.45, 7) is 0.549. The van der Waals surface area contributed by atoms with E-state index < -0.39 is 0 Å². The normalized spacial score (nSPS) is 10.4. The Morgan fingerprint density at radius 1 is 1.03 bits per heavy atom. The van der Waals surface area contributed by atoms with Gasteiger partial charge in [0.2, 0.25) is 5.91 Å². The smallest absolute Gasteiger partial charge is 0.243 e. The van der Waals surface area contributed by atoms with Crippen molar-refractivity contribution in [2.24, 2.45) is 0 Å². The highest BCUT2D eigenvalue weighted by Crippen LogP contribution is 2.36. The van der Waals surface area contributed by atoms with Crippen LogP contribution in [0.4, 0.5) is 11.4 Å². The molecule has 6 heteroatoms. The second-order valence-electron chi connectivity index (χ2n) is 7.43. The van der Waals surface area contributed by atoms with E-state index in [0.717, 1.165) is 53.4 Å². The molecular weight excluding hydrogens is 404 g/mol. The lowest BCUT2D eigenvalue weighted by Gasteiger charge is -2.15. The number of carbonyl (C=O) groups excluding carboxylic acids is 1. The molecule has 32 heavy (non-hydrogen) atoms. The maximum atomic E-state index is 11.0. The highest BCUT2D eigenvalue weighted by atomic mass is 16.5. The standard InChI is InChI=1S/C26H28N2O4/c1-3-19-10-8-12-21(16-19)27-23-13-9-11-20-17-24(31-2)25(18-22(20)23)32-15-7-5-4-6-14-26(29)28-30/h1,8-13,16-18,27,30H,4-7,14-15H2,2H3,(H,28,29). The Hall–Kier alpha value is -3.69. The number of rotatable bonds is 11. The topological polar surface area (TPSA) is 79.8 Å². The molecule has 0 saturated heterocycles. The second-order valence-corrected chi connectivity index (χ2v) is 7.43. The van der Waals surface area contributed by atoms with Crippen molar-refractivity contribution >= 4 is 28.1 Å². The van der Waals surface area contributed by atoms with Crippen molar-refractivity contribution in [2.45, 2.75) is 32.1 Å². The highest BCUT2D eigenvalue weighted by molar-refractivity contribution is 5.97. The summed E-state index contributed by atoms with van der Waals surface area (Å²) in [4.78, 5) is 11.0. The first kappa shape index (κ1) is 23.0. The van der Waals surface area contributed by atoms with Gasteiger partial charge in [-0.15, -0.1) is 6.42 Å². The first-order valence-corrected chi connectivity index (χ1v) is 10.6. The number of terminal acetylenes is 1. The number of fused-ring (bicyclic) bond motifs is 1. The molecular formula is C26H28N2O4. The van der Waals surface area contributed by atoms with E-state index in [-0.39, 0.29) is 5.91 Å². The Labute approximate surface area is 188 Å². The summed E-state index contributed by atoms with van der Waals surface area (Å²) in [6, 6.07) is 17.7. The molecule has 0 aliphatic carbocycles. The van der Waals surface area contributed by atoms with Crippen molar-refractivity contribution < 1.29 is 19.5 Å². The number of hydrogen-bond acceptors (Lipinski definition) is 5. The van der Waals surface area contributed by atoms with E-state index in [4.69, 9.17) is 21.1 Å². The molecule has 0 radical (unpaired) electrons. The lowest BCUT2D eigenvalue weighted by atomic mass is 10.1. The maximum absolute atomic E-state index is 11.0. The molecule has 166 valence electrons. The number of ether oxygens (including phenoxy) is 2. The molecule has 0 unspecified atom stereocenters. The minimum absolute atomic E-state index is 0.329. The van der Waals surface area contributed by atoms with Crippen LogP contribution in [0.15, 0.2) is 54.6 Å². The molecule has 3 aromatic rings. The second kappa shape index (κ2) is 11.6. The Balaban J connectivity index is 1.69. The van der Waals surface area contributed by atoms with Crippen LogP contribution in [0.1, 0.15) is 37.7 Å². The van der Waals surface area contributed by atoms with Crippen molar-refractivity contribution in [1.29, 1.82) is 0 Å². The largest absolute Gasteiger partial charge is 0.493 e. The molecule has 0 fully saturated rings. The molecule has 0 bridgehead atoms. The van der Waals surface area contributed by atoms with E-state index in [0.29, 0.717) is 24.5 Å². The molecule has 3 aromatic carbocycles. The molecule has 0 aromatic heterocycles. The Kier molecular flexibility index (Phi) is 8.36. The van der Waals surface area contributed by atoms with Gasteiger partial charge >= 0.3 is 0 Å². The zero-order valence-electron chi connectivity index (χ0n) is 18.2. The van der Waals surface area contributed by atoms with Gasteiger partial charge in [0, 0.05) is 28.7 Å². The van der Waals surface area contributed by atoms with Gasteiger partial charge in [0.15, 0.2) is 11.5 Å². The SMILES string of the molecule is C#Cc1cccc(Nc2cccc3cc(OC)c(OCCCCCCC(=O)NO)cc23)c1. The third-order valence-corrected chi connectivity index (χ3v) is 5.15. The summed E-state index contributed by atoms with van der Waals surface area (Å²) in [5.74, 6) is 3.68. The lowest BCUT2D eigenvalue weighted by Crippen LogP contribution is -2.17. The predicted octanol–water partition coefficient (Wildman–Crippen LogP) is 5.41. The molecule has 6 nitrogen and oxygen atoms in total. The number of hydroxylamine groups is 1. The average molecular weight is 433 g/mol.